The quantitative estimate of drug-likeness (QED) is 0.779. The number of piperidine rings is 1. The molecule has 3 rings (SSSR count). The van der Waals surface area contributed by atoms with Gasteiger partial charge in [0.15, 0.2) is 5.78 Å². The largest absolute Gasteiger partial charge is 0.497 e. The number of nitrogens with zero attached hydrogens (tertiary/aromatic N) is 1. The van der Waals surface area contributed by atoms with E-state index in [0.29, 0.717) is 30.2 Å². The van der Waals surface area contributed by atoms with Gasteiger partial charge in [-0.05, 0) is 45.7 Å². The van der Waals surface area contributed by atoms with Crippen LogP contribution in [0.25, 0.3) is 0 Å². The fourth-order valence-electron chi connectivity index (χ4n) is 3.41. The maximum absolute atomic E-state index is 12.6. The van der Waals surface area contributed by atoms with Gasteiger partial charge in [0.1, 0.15) is 22.7 Å². The number of hydrogen-bond donors (Lipinski definition) is 0. The number of rotatable bonds is 1. The third-order valence-corrected chi connectivity index (χ3v) is 4.49. The van der Waals surface area contributed by atoms with E-state index in [1.54, 1.807) is 30.2 Å². The first kappa shape index (κ1) is 17.6. The predicted molar refractivity (Wildman–Crippen MR) is 92.3 cm³/mol. The molecule has 2 aliphatic heterocycles. The van der Waals surface area contributed by atoms with Crippen molar-refractivity contribution in [3.63, 3.8) is 0 Å². The van der Waals surface area contributed by atoms with Gasteiger partial charge < -0.3 is 19.1 Å². The Morgan fingerprint density at radius 1 is 1.32 bits per heavy atom. The standard InChI is InChI=1S/C19H25NO5/c1-18(2,3)25-17(22)20-9-5-8-19(12-20)11-15(21)14-7-6-13(23-4)10-16(14)24-19/h6-7,10H,5,8-9,11-12H2,1-4H3. The Kier molecular flexibility index (Phi) is 4.39. The molecule has 25 heavy (non-hydrogen) atoms. The minimum Gasteiger partial charge on any atom is -0.497 e. The highest BCUT2D eigenvalue weighted by atomic mass is 16.6. The molecule has 1 saturated heterocycles. The fourth-order valence-corrected chi connectivity index (χ4v) is 3.41. The zero-order chi connectivity index (χ0) is 18.2. The molecule has 0 saturated carbocycles. The van der Waals surface area contributed by atoms with Gasteiger partial charge in [-0.15, -0.1) is 0 Å². The molecule has 1 unspecified atom stereocenters. The SMILES string of the molecule is COc1ccc2c(c1)OC1(CCCN(C(=O)OC(C)(C)C)C1)CC2=O. The summed E-state index contributed by atoms with van der Waals surface area (Å²) >= 11 is 0. The third kappa shape index (κ3) is 3.72. The van der Waals surface area contributed by atoms with E-state index >= 15 is 0 Å². The molecule has 1 aromatic rings. The summed E-state index contributed by atoms with van der Waals surface area (Å²) in [6.07, 6.45) is 1.41. The number of benzene rings is 1. The number of ketones is 1. The second kappa shape index (κ2) is 6.24. The van der Waals surface area contributed by atoms with Crippen LogP contribution in [-0.2, 0) is 4.74 Å². The molecule has 136 valence electrons. The molecule has 2 aliphatic rings. The van der Waals surface area contributed by atoms with E-state index in [0.717, 1.165) is 12.8 Å². The molecule has 6 nitrogen and oxygen atoms in total. The molecule has 2 heterocycles. The van der Waals surface area contributed by atoms with E-state index < -0.39 is 11.2 Å². The number of hydrogen-bond acceptors (Lipinski definition) is 5. The summed E-state index contributed by atoms with van der Waals surface area (Å²) in [5.74, 6) is 1.21. The Labute approximate surface area is 148 Å². The molecule has 0 radical (unpaired) electrons. The Hall–Kier alpha value is -2.24. The van der Waals surface area contributed by atoms with Crippen LogP contribution in [0.15, 0.2) is 18.2 Å². The van der Waals surface area contributed by atoms with Crippen LogP contribution in [0.3, 0.4) is 0 Å². The Morgan fingerprint density at radius 2 is 2.08 bits per heavy atom. The zero-order valence-corrected chi connectivity index (χ0v) is 15.3. The Balaban J connectivity index is 1.82. The first-order valence-corrected chi connectivity index (χ1v) is 8.60. The van der Waals surface area contributed by atoms with Crippen molar-refractivity contribution in [2.75, 3.05) is 20.2 Å². The lowest BCUT2D eigenvalue weighted by atomic mass is 9.83. The van der Waals surface area contributed by atoms with Crippen molar-refractivity contribution >= 4 is 11.9 Å². The minimum absolute atomic E-state index is 0.0370. The van der Waals surface area contributed by atoms with Gasteiger partial charge in [-0.25, -0.2) is 4.79 Å². The van der Waals surface area contributed by atoms with Crippen molar-refractivity contribution in [1.82, 2.24) is 4.90 Å². The average molecular weight is 347 g/mol. The molecule has 0 bridgehead atoms. The first-order chi connectivity index (χ1) is 11.7. The number of ether oxygens (including phenoxy) is 3. The van der Waals surface area contributed by atoms with Crippen LogP contribution in [0.5, 0.6) is 11.5 Å². The number of carbonyl (C=O) groups excluding carboxylic acids is 2. The Bertz CT molecular complexity index is 694. The van der Waals surface area contributed by atoms with Gasteiger partial charge in [-0.2, -0.15) is 0 Å². The minimum atomic E-state index is -0.689. The topological polar surface area (TPSA) is 65.1 Å². The molecular formula is C19H25NO5. The van der Waals surface area contributed by atoms with Crippen LogP contribution in [0.4, 0.5) is 4.79 Å². The van der Waals surface area contributed by atoms with Gasteiger partial charge in [0.2, 0.25) is 0 Å². The van der Waals surface area contributed by atoms with E-state index in [1.165, 1.54) is 0 Å². The summed E-state index contributed by atoms with van der Waals surface area (Å²) in [6, 6.07) is 5.23. The molecule has 0 N–H and O–H groups in total. The summed E-state index contributed by atoms with van der Waals surface area (Å²) in [5.41, 5.74) is -0.669. The van der Waals surface area contributed by atoms with Crippen LogP contribution >= 0.6 is 0 Å². The number of amides is 1. The zero-order valence-electron chi connectivity index (χ0n) is 15.3. The predicted octanol–water partition coefficient (Wildman–Crippen LogP) is 3.43. The number of carbonyl (C=O) groups is 2. The third-order valence-electron chi connectivity index (χ3n) is 4.49. The van der Waals surface area contributed by atoms with Gasteiger partial charge in [0.05, 0.1) is 25.6 Å². The van der Waals surface area contributed by atoms with Crippen LogP contribution in [-0.4, -0.2) is 48.2 Å². The van der Waals surface area contributed by atoms with Gasteiger partial charge in [0.25, 0.3) is 0 Å². The summed E-state index contributed by atoms with van der Waals surface area (Å²) in [5, 5.41) is 0. The van der Waals surface area contributed by atoms with E-state index in [4.69, 9.17) is 14.2 Å². The second-order valence-corrected chi connectivity index (χ2v) is 7.75. The van der Waals surface area contributed by atoms with Crippen molar-refractivity contribution in [2.45, 2.75) is 51.2 Å². The summed E-state index contributed by atoms with van der Waals surface area (Å²) in [7, 11) is 1.58. The van der Waals surface area contributed by atoms with Crippen molar-refractivity contribution in [1.29, 1.82) is 0 Å². The number of likely N-dealkylation sites (tertiary alicyclic amines) is 1. The highest BCUT2D eigenvalue weighted by Gasteiger charge is 2.45. The van der Waals surface area contributed by atoms with Gasteiger partial charge in [-0.1, -0.05) is 0 Å². The number of fused-ring (bicyclic) bond motifs is 1. The first-order valence-electron chi connectivity index (χ1n) is 8.60. The molecule has 1 atom stereocenters. The van der Waals surface area contributed by atoms with Gasteiger partial charge >= 0.3 is 6.09 Å². The fraction of sp³-hybridized carbons (Fsp3) is 0.579. The number of methoxy groups -OCH3 is 1. The average Bonchev–Trinajstić information content (AvgIpc) is 2.52. The summed E-state index contributed by atoms with van der Waals surface area (Å²) < 4.78 is 16.9. The van der Waals surface area contributed by atoms with Crippen molar-refractivity contribution in [3.8, 4) is 11.5 Å². The molecule has 6 heteroatoms. The molecule has 1 spiro atoms. The van der Waals surface area contributed by atoms with Crippen LogP contribution in [0, 0.1) is 0 Å². The highest BCUT2D eigenvalue weighted by molar-refractivity contribution is 6.00. The lowest BCUT2D eigenvalue weighted by Gasteiger charge is -2.44. The second-order valence-electron chi connectivity index (χ2n) is 7.75. The molecular weight excluding hydrogens is 322 g/mol. The molecule has 0 aromatic heterocycles. The van der Waals surface area contributed by atoms with Crippen LogP contribution in [0.1, 0.15) is 50.4 Å². The smallest absolute Gasteiger partial charge is 0.410 e. The van der Waals surface area contributed by atoms with Gasteiger partial charge in [-0.3, -0.25) is 4.79 Å². The van der Waals surface area contributed by atoms with Crippen molar-refractivity contribution in [3.05, 3.63) is 23.8 Å². The van der Waals surface area contributed by atoms with Crippen LogP contribution in [0.2, 0.25) is 0 Å². The summed E-state index contributed by atoms with van der Waals surface area (Å²) in [4.78, 5) is 26.7. The lowest BCUT2D eigenvalue weighted by molar-refractivity contribution is -0.0334. The maximum Gasteiger partial charge on any atom is 0.410 e. The highest BCUT2D eigenvalue weighted by Crippen LogP contribution is 2.40. The normalized spacial score (nSPS) is 23.0. The van der Waals surface area contributed by atoms with Crippen molar-refractivity contribution < 1.29 is 23.8 Å². The van der Waals surface area contributed by atoms with E-state index in [-0.39, 0.29) is 18.3 Å². The molecule has 1 aromatic carbocycles. The van der Waals surface area contributed by atoms with E-state index in [9.17, 15) is 9.59 Å². The molecule has 1 fully saturated rings. The maximum atomic E-state index is 12.6. The molecule has 0 aliphatic carbocycles. The van der Waals surface area contributed by atoms with E-state index in [2.05, 4.69) is 0 Å². The van der Waals surface area contributed by atoms with E-state index in [1.807, 2.05) is 20.8 Å². The van der Waals surface area contributed by atoms with Crippen molar-refractivity contribution in [2.24, 2.45) is 0 Å². The van der Waals surface area contributed by atoms with Crippen LogP contribution < -0.4 is 9.47 Å². The monoisotopic (exact) mass is 347 g/mol. The molecule has 1 amide bonds. The number of Topliss-reactive ketones (excluding diaryl/α,β-unsaturated/α-hetero) is 1. The summed E-state index contributed by atoms with van der Waals surface area (Å²) in [6.45, 7) is 6.48. The lowest BCUT2D eigenvalue weighted by Crippen LogP contribution is -2.56. The van der Waals surface area contributed by atoms with Gasteiger partial charge in [0, 0.05) is 12.6 Å². The Morgan fingerprint density at radius 3 is 2.76 bits per heavy atom.